The number of hydrogen-bond donors (Lipinski definition) is 0. The number of aryl methyl sites for hydroxylation is 2. The first-order chi connectivity index (χ1) is 61.1. The molecule has 4 nitrogen and oxygen atoms in total. The number of para-hydroxylation sites is 2. The van der Waals surface area contributed by atoms with Gasteiger partial charge in [-0.3, -0.25) is 0 Å². The summed E-state index contributed by atoms with van der Waals surface area (Å²) in [7, 11) is 0. The summed E-state index contributed by atoms with van der Waals surface area (Å²) in [5.74, 6) is 0. The van der Waals surface area contributed by atoms with Gasteiger partial charge in [0.2, 0.25) is 0 Å². The average molecular weight is 1660 g/mol. The van der Waals surface area contributed by atoms with E-state index in [0.717, 1.165) is 34.1 Å². The summed E-state index contributed by atoms with van der Waals surface area (Å²) >= 11 is 7.45. The number of hydrogen-bond acceptors (Lipinski definition) is 6. The van der Waals surface area contributed by atoms with Crippen molar-refractivity contribution in [3.05, 3.63) is 435 Å². The molecule has 6 aromatic heterocycles. The maximum absolute atomic E-state index is 2.37. The van der Waals surface area contributed by atoms with E-state index < -0.39 is 0 Å². The molecule has 0 aliphatic rings. The minimum absolute atomic E-state index is 1.10. The Bertz CT molecular complexity index is 7910. The van der Waals surface area contributed by atoms with Gasteiger partial charge in [0, 0.05) is 148 Å². The molecule has 8 heteroatoms. The molecule has 24 aromatic rings. The molecule has 0 aliphatic carbocycles. The van der Waals surface area contributed by atoms with Crippen LogP contribution in [-0.4, -0.2) is 9.13 Å². The van der Waals surface area contributed by atoms with Crippen LogP contribution in [0.2, 0.25) is 0 Å². The van der Waals surface area contributed by atoms with Crippen molar-refractivity contribution in [3.63, 3.8) is 0 Å². The van der Waals surface area contributed by atoms with E-state index in [2.05, 4.69) is 459 Å². The lowest BCUT2D eigenvalue weighted by atomic mass is 10.0. The van der Waals surface area contributed by atoms with Gasteiger partial charge in [0.15, 0.2) is 0 Å². The summed E-state index contributed by atoms with van der Waals surface area (Å²) in [6, 6.07) is 152. The summed E-state index contributed by atoms with van der Waals surface area (Å²) in [6.45, 7) is 8.86. The van der Waals surface area contributed by atoms with E-state index in [1.165, 1.54) is 203 Å². The van der Waals surface area contributed by atoms with Crippen LogP contribution in [0.3, 0.4) is 0 Å². The van der Waals surface area contributed by atoms with Gasteiger partial charge >= 0.3 is 0 Å². The number of rotatable bonds is 14. The highest BCUT2D eigenvalue weighted by Crippen LogP contribution is 2.46. The van der Waals surface area contributed by atoms with Crippen LogP contribution in [0.5, 0.6) is 0 Å². The summed E-state index contributed by atoms with van der Waals surface area (Å²) < 4.78 is 15.3. The molecule has 0 unspecified atom stereocenters. The standard InChI is InChI=1S/2C58H40N2S2/c1-37-38(2)59(54-12-6-3-9-49(37)54)45-25-15-39(16-26-45)40-17-27-46(28-18-40)60(47-29-19-41(20-30-47)43-23-33-57-52(35-43)50-10-4-7-13-55(50)61-57)48-31-21-42(22-32-48)44-24-34-58-53(36-44)51-11-5-8-14-56(51)62-58;1-37-38(2)59(54-12-6-3-9-49(37)54)45-25-15-39(16-26-45)40-17-27-46(28-18-40)60(47-29-19-41(20-30-47)43-23-33-52-50-10-4-7-13-55(50)61-57(52)35-43)48-31-21-42(22-32-48)44-24-34-53-51-11-5-8-14-56(51)62-58(53)36-44/h2*3-36H,1-2H3. The predicted molar refractivity (Wildman–Crippen MR) is 539 cm³/mol. The molecule has 0 aliphatic heterocycles. The molecule has 0 saturated heterocycles. The largest absolute Gasteiger partial charge is 0.314 e. The first-order valence-electron chi connectivity index (χ1n) is 42.3. The highest BCUT2D eigenvalue weighted by atomic mass is 32.1. The Morgan fingerprint density at radius 3 is 0.685 bits per heavy atom. The van der Waals surface area contributed by atoms with Gasteiger partial charge in [0.1, 0.15) is 0 Å². The van der Waals surface area contributed by atoms with Crippen molar-refractivity contribution in [1.82, 2.24) is 9.13 Å². The molecule has 18 aromatic carbocycles. The topological polar surface area (TPSA) is 16.3 Å². The van der Waals surface area contributed by atoms with Gasteiger partial charge < -0.3 is 18.9 Å². The molecule has 0 bridgehead atoms. The molecule has 0 amide bonds. The third-order valence-corrected chi connectivity index (χ3v) is 29.9. The number of aromatic nitrogens is 2. The van der Waals surface area contributed by atoms with E-state index >= 15 is 0 Å². The lowest BCUT2D eigenvalue weighted by Gasteiger charge is -2.26. The van der Waals surface area contributed by atoms with Crippen molar-refractivity contribution >= 4 is 182 Å². The first kappa shape index (κ1) is 74.6. The Labute approximate surface area is 735 Å². The second-order valence-electron chi connectivity index (χ2n) is 32.4. The maximum atomic E-state index is 2.37. The second kappa shape index (κ2) is 30.9. The zero-order chi connectivity index (χ0) is 82.6. The van der Waals surface area contributed by atoms with Crippen LogP contribution in [0.15, 0.2) is 413 Å². The molecule has 124 heavy (non-hydrogen) atoms. The van der Waals surface area contributed by atoms with Gasteiger partial charge in [-0.15, -0.1) is 45.3 Å². The second-order valence-corrected chi connectivity index (χ2v) is 36.7. The zero-order valence-corrected chi connectivity index (χ0v) is 71.9. The van der Waals surface area contributed by atoms with Crippen LogP contribution in [0.25, 0.3) is 181 Å². The van der Waals surface area contributed by atoms with Crippen LogP contribution in [0.1, 0.15) is 22.5 Å². The molecular weight excluding hydrogens is 1580 g/mol. The summed E-state index contributed by atoms with van der Waals surface area (Å²) in [5, 5.41) is 13.2. The van der Waals surface area contributed by atoms with Crippen LogP contribution in [-0.2, 0) is 0 Å². The zero-order valence-electron chi connectivity index (χ0n) is 68.7. The lowest BCUT2D eigenvalue weighted by molar-refractivity contribution is 1.04. The maximum Gasteiger partial charge on any atom is 0.0534 e. The summed E-state index contributed by atoms with van der Waals surface area (Å²) in [4.78, 5) is 4.74. The van der Waals surface area contributed by atoms with Crippen LogP contribution >= 0.6 is 45.3 Å². The van der Waals surface area contributed by atoms with E-state index in [1.807, 2.05) is 45.3 Å². The van der Waals surface area contributed by atoms with E-state index in [-0.39, 0.29) is 0 Å². The monoisotopic (exact) mass is 1660 g/mol. The quantitative estimate of drug-likeness (QED) is 0.108. The van der Waals surface area contributed by atoms with Gasteiger partial charge in [-0.25, -0.2) is 0 Å². The average Bonchev–Trinajstić information content (AvgIpc) is 1.51. The fraction of sp³-hybridized carbons (Fsp3) is 0.0345. The predicted octanol–water partition coefficient (Wildman–Crippen LogP) is 34.9. The number of nitrogens with zero attached hydrogens (tertiary/aromatic N) is 4. The Kier molecular flexibility index (Phi) is 18.6. The third-order valence-electron chi connectivity index (χ3n) is 25.4. The minimum atomic E-state index is 1.10. The van der Waals surface area contributed by atoms with Crippen LogP contribution in [0.4, 0.5) is 34.1 Å². The van der Waals surface area contributed by atoms with E-state index in [4.69, 9.17) is 0 Å². The molecule has 0 radical (unpaired) electrons. The fourth-order valence-corrected chi connectivity index (χ4v) is 23.1. The van der Waals surface area contributed by atoms with Gasteiger partial charge in [-0.05, 0) is 275 Å². The molecule has 588 valence electrons. The van der Waals surface area contributed by atoms with Crippen LogP contribution < -0.4 is 9.80 Å². The van der Waals surface area contributed by atoms with Gasteiger partial charge in [0.25, 0.3) is 0 Å². The highest BCUT2D eigenvalue weighted by molar-refractivity contribution is 7.27. The summed E-state index contributed by atoms with van der Waals surface area (Å²) in [6.07, 6.45) is 0. The highest BCUT2D eigenvalue weighted by Gasteiger charge is 2.21. The van der Waals surface area contributed by atoms with E-state index in [0.29, 0.717) is 0 Å². The van der Waals surface area contributed by atoms with E-state index in [1.54, 1.807) is 0 Å². The first-order valence-corrected chi connectivity index (χ1v) is 45.6. The number of anilines is 6. The van der Waals surface area contributed by atoms with Crippen molar-refractivity contribution in [2.24, 2.45) is 0 Å². The van der Waals surface area contributed by atoms with Crippen molar-refractivity contribution in [3.8, 4) is 78.1 Å². The molecule has 0 N–H and O–H groups in total. The van der Waals surface area contributed by atoms with Crippen molar-refractivity contribution in [2.45, 2.75) is 27.7 Å². The summed E-state index contributed by atoms with van der Waals surface area (Å²) in [5.41, 5.74) is 31.2. The Morgan fingerprint density at radius 1 is 0.169 bits per heavy atom. The van der Waals surface area contributed by atoms with Crippen LogP contribution in [0, 0.1) is 27.7 Å². The van der Waals surface area contributed by atoms with Crippen molar-refractivity contribution in [2.75, 3.05) is 9.80 Å². The van der Waals surface area contributed by atoms with Gasteiger partial charge in [-0.1, -0.05) is 243 Å². The Hall–Kier alpha value is -14.5. The smallest absolute Gasteiger partial charge is 0.0534 e. The molecule has 24 rings (SSSR count). The van der Waals surface area contributed by atoms with Crippen molar-refractivity contribution in [1.29, 1.82) is 0 Å². The molecule has 6 heterocycles. The van der Waals surface area contributed by atoms with Gasteiger partial charge in [0.05, 0.1) is 11.0 Å². The normalized spacial score (nSPS) is 11.7. The van der Waals surface area contributed by atoms with Gasteiger partial charge in [-0.2, -0.15) is 0 Å². The van der Waals surface area contributed by atoms with E-state index in [9.17, 15) is 0 Å². The SMILES string of the molecule is Cc1c(C)n(-c2ccc(-c3ccc(N(c4ccc(-c5ccc6c(c5)sc5ccccc56)cc4)c4ccc(-c5ccc6c(c5)sc5ccccc56)cc4)cc3)cc2)c2ccccc12.Cc1c(C)n(-c2ccc(-c3ccc(N(c4ccc(-c5ccc6sc7ccccc7c6c5)cc4)c4ccc(-c5ccc6sc7ccccc7c6c5)cc4)cc3)cc2)c2ccccc12. The Morgan fingerprint density at radius 2 is 0.379 bits per heavy atom. The third kappa shape index (κ3) is 13.2. The molecule has 0 fully saturated rings. The minimum Gasteiger partial charge on any atom is -0.314 e. The van der Waals surface area contributed by atoms with Crippen molar-refractivity contribution < 1.29 is 0 Å². The molecule has 0 saturated carbocycles. The Balaban J connectivity index is 0.000000143. The fourth-order valence-electron chi connectivity index (χ4n) is 18.7. The molecule has 0 atom stereocenters. The number of benzene rings is 18. The molecule has 0 spiro atoms. The molecular formula is C116H80N4S4. The number of fused-ring (bicyclic) bond motifs is 14. The number of thiophene rings is 4. The lowest BCUT2D eigenvalue weighted by Crippen LogP contribution is -2.09.